The zero-order valence-corrected chi connectivity index (χ0v) is 23.7. The lowest BCUT2D eigenvalue weighted by Crippen LogP contribution is -2.45. The molecular weight excluding hydrogens is 540 g/mol. The first kappa shape index (κ1) is 28.1. The van der Waals surface area contributed by atoms with Crippen molar-refractivity contribution >= 4 is 45.5 Å². The van der Waals surface area contributed by atoms with E-state index in [-0.39, 0.29) is 11.7 Å². The van der Waals surface area contributed by atoms with Gasteiger partial charge in [0.2, 0.25) is 0 Å². The van der Waals surface area contributed by atoms with Gasteiger partial charge in [-0.3, -0.25) is 13.7 Å². The molecule has 3 aromatic carbocycles. The number of carboxylic acid groups (broad SMARTS) is 1. The highest BCUT2D eigenvalue weighted by Gasteiger charge is 2.32. The molecule has 41 heavy (non-hydrogen) atoms. The summed E-state index contributed by atoms with van der Waals surface area (Å²) in [5, 5.41) is 13.3. The fraction of sp³-hybridized carbons (Fsp3) is 0.250. The third kappa shape index (κ3) is 6.04. The van der Waals surface area contributed by atoms with Gasteiger partial charge in [0.1, 0.15) is 11.6 Å². The fourth-order valence-electron chi connectivity index (χ4n) is 4.77. The Morgan fingerprint density at radius 1 is 1.02 bits per heavy atom. The van der Waals surface area contributed by atoms with Gasteiger partial charge in [-0.05, 0) is 73.2 Å². The minimum absolute atomic E-state index is 0.243. The monoisotopic (exact) mass is 570 g/mol. The Kier molecular flexibility index (Phi) is 7.97. The number of benzene rings is 3. The van der Waals surface area contributed by atoms with E-state index < -0.39 is 29.2 Å². The van der Waals surface area contributed by atoms with Gasteiger partial charge in [-0.1, -0.05) is 56.0 Å². The largest absolute Gasteiger partial charge is 0.480 e. The molecular formula is C32H30N2O6S. The highest BCUT2D eigenvalue weighted by atomic mass is 32.2. The van der Waals surface area contributed by atoms with Crippen molar-refractivity contribution in [1.29, 1.82) is 0 Å². The van der Waals surface area contributed by atoms with Crippen LogP contribution in [0.25, 0.3) is 22.1 Å². The van der Waals surface area contributed by atoms with Gasteiger partial charge in [-0.15, -0.1) is 0 Å². The number of carbonyl (C=O) groups excluding carboxylic acids is 1. The third-order valence-electron chi connectivity index (χ3n) is 7.05. The molecule has 0 aliphatic heterocycles. The quantitative estimate of drug-likeness (QED) is 0.165. The molecule has 210 valence electrons. The number of fused-ring (bicyclic) bond motifs is 1. The van der Waals surface area contributed by atoms with Crippen LogP contribution in [0.4, 0.5) is 11.4 Å². The van der Waals surface area contributed by atoms with E-state index in [0.29, 0.717) is 22.9 Å². The number of nitrogens with zero attached hydrogens (tertiary/aromatic N) is 1. The van der Waals surface area contributed by atoms with Gasteiger partial charge < -0.3 is 14.8 Å². The van der Waals surface area contributed by atoms with Gasteiger partial charge in [0.15, 0.2) is 5.76 Å². The smallest absolute Gasteiger partial charge is 0.327 e. The first-order valence-electron chi connectivity index (χ1n) is 13.3. The molecule has 5 rings (SSSR count). The van der Waals surface area contributed by atoms with E-state index in [0.717, 1.165) is 44.8 Å². The molecule has 2 atom stereocenters. The predicted molar refractivity (Wildman–Crippen MR) is 160 cm³/mol. The first-order chi connectivity index (χ1) is 19.6. The minimum Gasteiger partial charge on any atom is -0.480 e. The number of anilines is 2. The van der Waals surface area contributed by atoms with E-state index >= 15 is 0 Å². The third-order valence-corrected chi connectivity index (χ3v) is 7.83. The van der Waals surface area contributed by atoms with Crippen molar-refractivity contribution in [2.45, 2.75) is 39.7 Å². The van der Waals surface area contributed by atoms with E-state index in [4.69, 9.17) is 4.42 Å². The van der Waals surface area contributed by atoms with Gasteiger partial charge >= 0.3 is 5.97 Å². The number of carbonyl (C=O) groups is 2. The molecule has 0 spiro atoms. The number of furan rings is 1. The number of hydrogen-bond donors (Lipinski definition) is 3. The van der Waals surface area contributed by atoms with Crippen molar-refractivity contribution < 1.29 is 27.9 Å². The summed E-state index contributed by atoms with van der Waals surface area (Å²) < 4.78 is 28.7. The van der Waals surface area contributed by atoms with Gasteiger partial charge in [-0.25, -0.2) is 9.00 Å². The van der Waals surface area contributed by atoms with Crippen LogP contribution in [0.15, 0.2) is 71.1 Å². The van der Waals surface area contributed by atoms with E-state index in [2.05, 4.69) is 17.2 Å². The number of aliphatic carboxylic acids is 1. The Labute approximate surface area is 240 Å². The molecule has 1 aliphatic carbocycles. The van der Waals surface area contributed by atoms with Crippen LogP contribution in [0.5, 0.6) is 0 Å². The number of hydrogen-bond acceptors (Lipinski definition) is 4. The molecule has 0 radical (unpaired) electrons. The van der Waals surface area contributed by atoms with Crippen molar-refractivity contribution in [3.63, 3.8) is 0 Å². The first-order valence-corrected chi connectivity index (χ1v) is 14.4. The SMILES string of the molecule is Cc1c(C(=O)Nc2ccc(-c3ccc(N(C(C(=O)O)C(C)C)S(=O)O)cc3)cc2)oc2cccc(C#CC3CC3)c12. The van der Waals surface area contributed by atoms with Crippen molar-refractivity contribution in [3.05, 3.63) is 83.6 Å². The molecule has 0 saturated heterocycles. The topological polar surface area (TPSA) is 120 Å². The van der Waals surface area contributed by atoms with Crippen LogP contribution in [-0.4, -0.2) is 31.8 Å². The van der Waals surface area contributed by atoms with Crippen molar-refractivity contribution in [2.24, 2.45) is 11.8 Å². The Morgan fingerprint density at radius 2 is 1.66 bits per heavy atom. The van der Waals surface area contributed by atoms with Crippen LogP contribution in [0.2, 0.25) is 0 Å². The molecule has 3 N–H and O–H groups in total. The maximum atomic E-state index is 13.1. The van der Waals surface area contributed by atoms with Crippen LogP contribution in [0.1, 0.15) is 48.4 Å². The second-order valence-corrected chi connectivity index (χ2v) is 11.3. The minimum atomic E-state index is -2.51. The van der Waals surface area contributed by atoms with Gasteiger partial charge in [0.05, 0.1) is 5.69 Å². The average molecular weight is 571 g/mol. The Morgan fingerprint density at radius 3 is 2.22 bits per heavy atom. The summed E-state index contributed by atoms with van der Waals surface area (Å²) in [6, 6.07) is 18.5. The van der Waals surface area contributed by atoms with Gasteiger partial charge in [0.25, 0.3) is 17.2 Å². The standard InChI is InChI=1S/C32H30N2O6S/c1-19(2)29(32(36)37)34(41(38)39)26-17-13-23(14-18-26)22-11-15-25(16-12-22)33-31(35)30-20(3)28-24(10-9-21-7-8-21)5-4-6-27(28)40-30/h4-6,11-19,21,29H,7-8H2,1-3H3,(H,33,35)(H,36,37)(H,38,39). The number of rotatable bonds is 8. The van der Waals surface area contributed by atoms with E-state index in [1.165, 1.54) is 0 Å². The number of carboxylic acids is 1. The molecule has 1 amide bonds. The maximum Gasteiger partial charge on any atom is 0.327 e. The summed E-state index contributed by atoms with van der Waals surface area (Å²) in [4.78, 5) is 24.9. The highest BCUT2D eigenvalue weighted by molar-refractivity contribution is 7.80. The zero-order valence-electron chi connectivity index (χ0n) is 22.9. The lowest BCUT2D eigenvalue weighted by molar-refractivity contribution is -0.139. The molecule has 2 unspecified atom stereocenters. The highest BCUT2D eigenvalue weighted by Crippen LogP contribution is 2.32. The summed E-state index contributed by atoms with van der Waals surface area (Å²) in [6.45, 7) is 5.23. The number of nitrogens with one attached hydrogen (secondary N) is 1. The zero-order chi connectivity index (χ0) is 29.3. The predicted octanol–water partition coefficient (Wildman–Crippen LogP) is 6.47. The number of amides is 1. The lowest BCUT2D eigenvalue weighted by Gasteiger charge is -2.29. The summed E-state index contributed by atoms with van der Waals surface area (Å²) in [7, 11) is 0. The molecule has 9 heteroatoms. The Hall–Kier alpha value is -4.39. The van der Waals surface area contributed by atoms with Crippen molar-refractivity contribution in [1.82, 2.24) is 0 Å². The van der Waals surface area contributed by atoms with E-state index in [1.54, 1.807) is 50.2 Å². The Bertz CT molecular complexity index is 1690. The van der Waals surface area contributed by atoms with E-state index in [9.17, 15) is 23.5 Å². The van der Waals surface area contributed by atoms with Crippen molar-refractivity contribution in [2.75, 3.05) is 9.62 Å². The molecule has 1 fully saturated rings. The summed E-state index contributed by atoms with van der Waals surface area (Å²) in [5.74, 6) is 5.31. The summed E-state index contributed by atoms with van der Waals surface area (Å²) in [6.07, 6.45) is 2.28. The molecule has 1 aromatic heterocycles. The number of aryl methyl sites for hydroxylation is 1. The summed E-state index contributed by atoms with van der Waals surface area (Å²) >= 11 is -2.51. The average Bonchev–Trinajstić information content (AvgIpc) is 3.71. The fourth-order valence-corrected chi connectivity index (χ4v) is 5.60. The lowest BCUT2D eigenvalue weighted by atomic mass is 10.0. The molecule has 4 aromatic rings. The van der Waals surface area contributed by atoms with Crippen LogP contribution in [-0.2, 0) is 16.1 Å². The van der Waals surface area contributed by atoms with Crippen molar-refractivity contribution in [3.8, 4) is 23.0 Å². The van der Waals surface area contributed by atoms with E-state index in [1.807, 2.05) is 37.3 Å². The molecule has 1 heterocycles. The Balaban J connectivity index is 1.32. The molecule has 1 aliphatic rings. The van der Waals surface area contributed by atoms with Gasteiger partial charge in [-0.2, -0.15) is 0 Å². The normalized spacial score (nSPS) is 14.3. The second kappa shape index (κ2) is 11.6. The second-order valence-electron chi connectivity index (χ2n) is 10.4. The maximum absolute atomic E-state index is 13.1. The molecule has 0 bridgehead atoms. The molecule has 1 saturated carbocycles. The van der Waals surface area contributed by atoms with Gasteiger partial charge in [0, 0.05) is 28.1 Å². The van der Waals surface area contributed by atoms with Crippen LogP contribution in [0.3, 0.4) is 0 Å². The van der Waals surface area contributed by atoms with Crippen LogP contribution in [0, 0.1) is 30.6 Å². The van der Waals surface area contributed by atoms with Crippen LogP contribution < -0.4 is 9.62 Å². The molecule has 8 nitrogen and oxygen atoms in total. The van der Waals surface area contributed by atoms with Crippen LogP contribution >= 0.6 is 0 Å². The summed E-state index contributed by atoms with van der Waals surface area (Å²) in [5.41, 5.74) is 4.81.